The molecule has 0 amide bonds. The number of esters is 1. The Bertz CT molecular complexity index is 674. The monoisotopic (exact) mass is 418 g/mol. The van der Waals surface area contributed by atoms with Crippen molar-refractivity contribution in [2.45, 2.75) is 104 Å². The maximum Gasteiger partial charge on any atom is 0.303 e. The third kappa shape index (κ3) is 3.71. The molecule has 0 aromatic carbocycles. The smallest absolute Gasteiger partial charge is 0.303 e. The summed E-state index contributed by atoms with van der Waals surface area (Å²) in [6.45, 7) is 8.96. The van der Waals surface area contributed by atoms with Gasteiger partial charge in [0.25, 0.3) is 0 Å². The molecule has 4 aliphatic rings. The van der Waals surface area contributed by atoms with Gasteiger partial charge in [0.2, 0.25) is 0 Å². The highest BCUT2D eigenvalue weighted by Gasteiger charge is 2.60. The zero-order valence-corrected chi connectivity index (χ0v) is 19.5. The van der Waals surface area contributed by atoms with Gasteiger partial charge >= 0.3 is 11.9 Å². The molecule has 0 aliphatic heterocycles. The largest absolute Gasteiger partial charge is 0.481 e. The molecule has 30 heavy (non-hydrogen) atoms. The van der Waals surface area contributed by atoms with Crippen LogP contribution in [0.2, 0.25) is 0 Å². The molecule has 1 N–H and O–H groups in total. The summed E-state index contributed by atoms with van der Waals surface area (Å²) < 4.78 is 5.61. The van der Waals surface area contributed by atoms with Crippen molar-refractivity contribution in [1.82, 2.24) is 0 Å². The molecule has 0 radical (unpaired) electrons. The first-order chi connectivity index (χ1) is 14.1. The van der Waals surface area contributed by atoms with Gasteiger partial charge in [-0.25, -0.2) is 0 Å². The maximum absolute atomic E-state index is 11.5. The summed E-state index contributed by atoms with van der Waals surface area (Å²) in [6, 6.07) is 0. The molecule has 0 aromatic rings. The fourth-order valence-corrected chi connectivity index (χ4v) is 9.09. The van der Waals surface area contributed by atoms with Crippen LogP contribution in [-0.2, 0) is 14.3 Å². The predicted octanol–water partition coefficient (Wildman–Crippen LogP) is 6.08. The molecular weight excluding hydrogens is 376 g/mol. The molecule has 4 rings (SSSR count). The Balaban J connectivity index is 1.47. The summed E-state index contributed by atoms with van der Waals surface area (Å²) in [4.78, 5) is 22.5. The summed E-state index contributed by atoms with van der Waals surface area (Å²) >= 11 is 0. The van der Waals surface area contributed by atoms with Gasteiger partial charge in [-0.1, -0.05) is 20.8 Å². The van der Waals surface area contributed by atoms with Crippen molar-refractivity contribution in [2.24, 2.45) is 46.3 Å². The van der Waals surface area contributed by atoms with Crippen molar-refractivity contribution < 1.29 is 19.4 Å². The lowest BCUT2D eigenvalue weighted by molar-refractivity contribution is -0.160. The van der Waals surface area contributed by atoms with E-state index in [2.05, 4.69) is 20.8 Å². The number of ether oxygens (including phenoxy) is 1. The molecular formula is C26H42O4. The van der Waals surface area contributed by atoms with Crippen molar-refractivity contribution in [3.05, 3.63) is 0 Å². The molecule has 4 heteroatoms. The predicted molar refractivity (Wildman–Crippen MR) is 117 cm³/mol. The third-order valence-corrected chi connectivity index (χ3v) is 10.5. The average molecular weight is 419 g/mol. The van der Waals surface area contributed by atoms with E-state index in [1.807, 2.05) is 0 Å². The minimum Gasteiger partial charge on any atom is -0.481 e. The van der Waals surface area contributed by atoms with Crippen LogP contribution in [0.1, 0.15) is 98.3 Å². The molecule has 0 aromatic heterocycles. The lowest BCUT2D eigenvalue weighted by atomic mass is 9.44. The summed E-state index contributed by atoms with van der Waals surface area (Å²) in [6.07, 6.45) is 12.5. The second-order valence-corrected chi connectivity index (χ2v) is 11.8. The number of aliphatic carboxylic acids is 1. The van der Waals surface area contributed by atoms with E-state index in [1.165, 1.54) is 44.9 Å². The molecule has 4 nitrogen and oxygen atoms in total. The topological polar surface area (TPSA) is 63.6 Å². The van der Waals surface area contributed by atoms with Gasteiger partial charge in [0, 0.05) is 13.3 Å². The Labute approximate surface area is 182 Å². The molecule has 0 bridgehead atoms. The van der Waals surface area contributed by atoms with E-state index in [1.54, 1.807) is 6.92 Å². The van der Waals surface area contributed by atoms with E-state index in [-0.39, 0.29) is 12.1 Å². The molecule has 4 aliphatic carbocycles. The van der Waals surface area contributed by atoms with Crippen molar-refractivity contribution in [3.8, 4) is 0 Å². The standard InChI is InChI=1S/C26H42O4/c1-16(5-10-24(28)29)21-8-9-22-20-7-6-18-15-19(30-17(2)27)11-13-25(18,3)23(20)12-14-26(21,22)4/h16,18-23H,5-15H2,1-4H3,(H,28,29)/t16-,18-,19-,20+,21-,22-,23-,25+,26-/m1/s1. The third-order valence-electron chi connectivity index (χ3n) is 10.5. The number of carbonyl (C=O) groups excluding carboxylic acids is 1. The summed E-state index contributed by atoms with van der Waals surface area (Å²) in [7, 11) is 0. The Morgan fingerprint density at radius 3 is 2.40 bits per heavy atom. The zero-order valence-electron chi connectivity index (χ0n) is 19.5. The second kappa shape index (κ2) is 8.13. The van der Waals surface area contributed by atoms with E-state index < -0.39 is 5.97 Å². The fraction of sp³-hybridized carbons (Fsp3) is 0.923. The molecule has 0 heterocycles. The first kappa shape index (κ1) is 22.1. The van der Waals surface area contributed by atoms with E-state index in [0.29, 0.717) is 35.0 Å². The lowest BCUT2D eigenvalue weighted by Gasteiger charge is -2.61. The van der Waals surface area contributed by atoms with Gasteiger partial charge < -0.3 is 9.84 Å². The van der Waals surface area contributed by atoms with Crippen LogP contribution in [-0.4, -0.2) is 23.1 Å². The fourth-order valence-electron chi connectivity index (χ4n) is 9.09. The van der Waals surface area contributed by atoms with Gasteiger partial charge in [0.15, 0.2) is 0 Å². The minimum absolute atomic E-state index is 0.125. The molecule has 0 unspecified atom stereocenters. The van der Waals surface area contributed by atoms with Crippen LogP contribution in [0.25, 0.3) is 0 Å². The summed E-state index contributed by atoms with van der Waals surface area (Å²) in [5, 5.41) is 9.13. The van der Waals surface area contributed by atoms with Crippen LogP contribution in [0.4, 0.5) is 0 Å². The number of fused-ring (bicyclic) bond motifs is 5. The average Bonchev–Trinajstić information content (AvgIpc) is 3.03. The summed E-state index contributed by atoms with van der Waals surface area (Å²) in [5.74, 6) is 3.60. The van der Waals surface area contributed by atoms with Crippen molar-refractivity contribution in [2.75, 3.05) is 0 Å². The molecule has 0 spiro atoms. The van der Waals surface area contributed by atoms with Gasteiger partial charge in [0.05, 0.1) is 0 Å². The van der Waals surface area contributed by atoms with E-state index in [4.69, 9.17) is 9.84 Å². The highest BCUT2D eigenvalue weighted by atomic mass is 16.5. The van der Waals surface area contributed by atoms with Gasteiger partial charge in [-0.15, -0.1) is 0 Å². The first-order valence-corrected chi connectivity index (χ1v) is 12.5. The van der Waals surface area contributed by atoms with Crippen LogP contribution in [0, 0.1) is 46.3 Å². The number of hydrogen-bond donors (Lipinski definition) is 1. The van der Waals surface area contributed by atoms with Gasteiger partial charge in [-0.2, -0.15) is 0 Å². The quantitative estimate of drug-likeness (QED) is 0.550. The van der Waals surface area contributed by atoms with Crippen molar-refractivity contribution >= 4 is 11.9 Å². The highest BCUT2D eigenvalue weighted by Crippen LogP contribution is 2.68. The molecule has 9 atom stereocenters. The van der Waals surface area contributed by atoms with E-state index >= 15 is 0 Å². The number of carboxylic acids is 1. The Morgan fingerprint density at radius 1 is 1.00 bits per heavy atom. The Kier molecular flexibility index (Phi) is 6.00. The van der Waals surface area contributed by atoms with Crippen molar-refractivity contribution in [3.63, 3.8) is 0 Å². The number of carboxylic acid groups (broad SMARTS) is 1. The number of rotatable bonds is 5. The van der Waals surface area contributed by atoms with Gasteiger partial charge in [-0.05, 0) is 111 Å². The van der Waals surface area contributed by atoms with Crippen LogP contribution in [0.3, 0.4) is 0 Å². The summed E-state index contributed by atoms with van der Waals surface area (Å²) in [5.41, 5.74) is 0.811. The first-order valence-electron chi connectivity index (χ1n) is 12.5. The van der Waals surface area contributed by atoms with Crippen molar-refractivity contribution in [1.29, 1.82) is 0 Å². The SMILES string of the molecule is CC(=O)O[C@@H]1CC[C@@]2(C)[C@H](CC[C@H]3[C@H]4CC[C@H]([C@H](C)CCC(=O)O)[C@@]4(C)CC[C@H]32)C1. The van der Waals surface area contributed by atoms with E-state index in [0.717, 1.165) is 37.0 Å². The molecule has 4 fully saturated rings. The number of carbonyl (C=O) groups is 2. The Morgan fingerprint density at radius 2 is 1.70 bits per heavy atom. The second-order valence-electron chi connectivity index (χ2n) is 11.8. The molecule has 4 saturated carbocycles. The molecule has 170 valence electrons. The van der Waals surface area contributed by atoms with Crippen LogP contribution >= 0.6 is 0 Å². The zero-order chi connectivity index (χ0) is 21.7. The minimum atomic E-state index is -0.652. The molecule has 0 saturated heterocycles. The van der Waals surface area contributed by atoms with Crippen LogP contribution in [0.5, 0.6) is 0 Å². The van der Waals surface area contributed by atoms with Crippen LogP contribution < -0.4 is 0 Å². The van der Waals surface area contributed by atoms with Gasteiger partial charge in [0.1, 0.15) is 6.10 Å². The van der Waals surface area contributed by atoms with Crippen LogP contribution in [0.15, 0.2) is 0 Å². The number of hydrogen-bond acceptors (Lipinski definition) is 3. The normalized spacial score (nSPS) is 46.3. The lowest BCUT2D eigenvalue weighted by Crippen LogP contribution is -2.54. The Hall–Kier alpha value is -1.06. The van der Waals surface area contributed by atoms with E-state index in [9.17, 15) is 9.59 Å². The van der Waals surface area contributed by atoms with Gasteiger partial charge in [-0.3, -0.25) is 9.59 Å². The highest BCUT2D eigenvalue weighted by molar-refractivity contribution is 5.66. The maximum atomic E-state index is 11.5.